The normalized spacial score (nSPS) is 11.3. The van der Waals surface area contributed by atoms with Crippen LogP contribution < -0.4 is 0 Å². The van der Waals surface area contributed by atoms with Gasteiger partial charge in [-0.3, -0.25) is 4.48 Å². The predicted octanol–water partition coefficient (Wildman–Crippen LogP) is 6.90. The van der Waals surface area contributed by atoms with E-state index in [-0.39, 0.29) is 12.4 Å². The van der Waals surface area contributed by atoms with Crippen LogP contribution in [0, 0.1) is 0 Å². The first-order valence-corrected chi connectivity index (χ1v) is 10.3. The number of unbranched alkanes of at least 4 members (excludes halogenated alkanes) is 14. The SMILES string of the molecule is CCCCCCCCCCCCCCCCCC(=O)[N+](C)(C)C.Cl. The van der Waals surface area contributed by atoms with Gasteiger partial charge in [0.05, 0.1) is 27.6 Å². The highest BCUT2D eigenvalue weighted by Crippen LogP contribution is 2.14. The van der Waals surface area contributed by atoms with E-state index in [1.165, 1.54) is 89.9 Å². The van der Waals surface area contributed by atoms with E-state index < -0.39 is 0 Å². The van der Waals surface area contributed by atoms with Crippen molar-refractivity contribution in [3.05, 3.63) is 0 Å². The molecule has 0 N–H and O–H groups in total. The summed E-state index contributed by atoms with van der Waals surface area (Å²) < 4.78 is 0.471. The lowest BCUT2D eigenvalue weighted by Gasteiger charge is -2.20. The zero-order chi connectivity index (χ0) is 17.4. The summed E-state index contributed by atoms with van der Waals surface area (Å²) in [6.45, 7) is 2.28. The second kappa shape index (κ2) is 17.7. The standard InChI is InChI=1S/C21H44NO.ClH/c1-5-6-7-8-9-10-11-12-13-14-15-16-17-18-19-20-21(23)22(2,3)4;/h5-20H2,1-4H3;1H/q+1;. The summed E-state index contributed by atoms with van der Waals surface area (Å²) in [4.78, 5) is 11.8. The van der Waals surface area contributed by atoms with Gasteiger partial charge >= 0.3 is 5.91 Å². The molecule has 0 fully saturated rings. The molecule has 24 heavy (non-hydrogen) atoms. The number of rotatable bonds is 16. The summed E-state index contributed by atoms with van der Waals surface area (Å²) in [5.41, 5.74) is 0. The van der Waals surface area contributed by atoms with Gasteiger partial charge in [-0.1, -0.05) is 96.8 Å². The molecular formula is C21H45ClNO+. The van der Waals surface area contributed by atoms with Gasteiger partial charge in [0.2, 0.25) is 0 Å². The van der Waals surface area contributed by atoms with Crippen molar-refractivity contribution >= 4 is 18.3 Å². The quantitative estimate of drug-likeness (QED) is 0.215. The van der Waals surface area contributed by atoms with Crippen LogP contribution in [0.2, 0.25) is 0 Å². The Morgan fingerprint density at radius 1 is 0.583 bits per heavy atom. The van der Waals surface area contributed by atoms with Crippen molar-refractivity contribution in [1.29, 1.82) is 0 Å². The number of hydrogen-bond donors (Lipinski definition) is 0. The molecule has 0 rings (SSSR count). The lowest BCUT2D eigenvalue weighted by atomic mass is 10.0. The van der Waals surface area contributed by atoms with Crippen LogP contribution in [-0.2, 0) is 4.79 Å². The van der Waals surface area contributed by atoms with E-state index in [4.69, 9.17) is 0 Å². The molecule has 0 saturated heterocycles. The first-order valence-electron chi connectivity index (χ1n) is 10.3. The first kappa shape index (κ1) is 26.2. The van der Waals surface area contributed by atoms with Gasteiger partial charge in [-0.15, -0.1) is 12.4 Å². The van der Waals surface area contributed by atoms with E-state index in [2.05, 4.69) is 6.92 Å². The van der Waals surface area contributed by atoms with Gasteiger partial charge in [-0.2, -0.15) is 0 Å². The van der Waals surface area contributed by atoms with Crippen molar-refractivity contribution in [3.63, 3.8) is 0 Å². The molecular weight excluding hydrogens is 318 g/mol. The topological polar surface area (TPSA) is 17.1 Å². The number of carbonyl (C=O) groups excluding carboxylic acids is 1. The first-order chi connectivity index (χ1) is 11.0. The van der Waals surface area contributed by atoms with E-state index >= 15 is 0 Å². The van der Waals surface area contributed by atoms with Gasteiger partial charge in [0.15, 0.2) is 0 Å². The minimum Gasteiger partial charge on any atom is -0.268 e. The van der Waals surface area contributed by atoms with Crippen LogP contribution >= 0.6 is 12.4 Å². The Kier molecular flexibility index (Phi) is 19.3. The zero-order valence-corrected chi connectivity index (χ0v) is 17.9. The monoisotopic (exact) mass is 362 g/mol. The highest BCUT2D eigenvalue weighted by molar-refractivity contribution is 5.85. The summed E-state index contributed by atoms with van der Waals surface area (Å²) in [7, 11) is 5.90. The third kappa shape index (κ3) is 18.3. The second-order valence-electron chi connectivity index (χ2n) is 8.11. The fourth-order valence-electron chi connectivity index (χ4n) is 2.98. The molecule has 0 spiro atoms. The van der Waals surface area contributed by atoms with Gasteiger partial charge in [-0.25, -0.2) is 4.79 Å². The number of amides is 1. The third-order valence-electron chi connectivity index (χ3n) is 4.74. The van der Waals surface area contributed by atoms with Gasteiger partial charge in [0.25, 0.3) is 0 Å². The van der Waals surface area contributed by atoms with Crippen LogP contribution in [0.5, 0.6) is 0 Å². The Labute approximate surface area is 158 Å². The van der Waals surface area contributed by atoms with Crippen LogP contribution in [0.15, 0.2) is 0 Å². The Bertz CT molecular complexity index is 274. The van der Waals surface area contributed by atoms with Crippen molar-refractivity contribution < 1.29 is 9.28 Å². The highest BCUT2D eigenvalue weighted by Gasteiger charge is 2.18. The van der Waals surface area contributed by atoms with Crippen molar-refractivity contribution in [1.82, 2.24) is 0 Å². The molecule has 0 radical (unpaired) electrons. The van der Waals surface area contributed by atoms with Crippen LogP contribution in [0.25, 0.3) is 0 Å². The molecule has 0 bridgehead atoms. The minimum absolute atomic E-state index is 0. The highest BCUT2D eigenvalue weighted by atomic mass is 35.5. The maximum atomic E-state index is 11.8. The number of carbonyl (C=O) groups is 1. The van der Waals surface area contributed by atoms with Crippen LogP contribution in [-0.4, -0.2) is 31.5 Å². The molecule has 146 valence electrons. The van der Waals surface area contributed by atoms with Crippen molar-refractivity contribution in [2.24, 2.45) is 0 Å². The van der Waals surface area contributed by atoms with Gasteiger partial charge in [0.1, 0.15) is 0 Å². The molecule has 0 unspecified atom stereocenters. The molecule has 0 aliphatic rings. The molecule has 0 aromatic carbocycles. The summed E-state index contributed by atoms with van der Waals surface area (Å²) >= 11 is 0. The number of nitrogens with zero attached hydrogens (tertiary/aromatic N) is 1. The second-order valence-corrected chi connectivity index (χ2v) is 8.11. The molecule has 0 aromatic heterocycles. The van der Waals surface area contributed by atoms with Gasteiger partial charge in [-0.05, 0) is 6.42 Å². The summed E-state index contributed by atoms with van der Waals surface area (Å²) in [6.07, 6.45) is 21.4. The number of hydrogen-bond acceptors (Lipinski definition) is 1. The fraction of sp³-hybridized carbons (Fsp3) is 0.952. The molecule has 0 aromatic rings. The average molecular weight is 363 g/mol. The number of halogens is 1. The Balaban J connectivity index is 0. The zero-order valence-electron chi connectivity index (χ0n) is 17.1. The van der Waals surface area contributed by atoms with E-state index in [1.54, 1.807) is 0 Å². The Hall–Kier alpha value is -0.0800. The molecule has 3 heteroatoms. The minimum atomic E-state index is 0. The van der Waals surface area contributed by atoms with Gasteiger partial charge < -0.3 is 0 Å². The van der Waals surface area contributed by atoms with Crippen LogP contribution in [0.1, 0.15) is 110 Å². The predicted molar refractivity (Wildman–Crippen MR) is 110 cm³/mol. The molecule has 1 amide bonds. The fourth-order valence-corrected chi connectivity index (χ4v) is 2.98. The molecule has 0 heterocycles. The molecule has 2 nitrogen and oxygen atoms in total. The Morgan fingerprint density at radius 3 is 1.17 bits per heavy atom. The van der Waals surface area contributed by atoms with E-state index in [9.17, 15) is 4.79 Å². The largest absolute Gasteiger partial charge is 0.313 e. The summed E-state index contributed by atoms with van der Waals surface area (Å²) in [5.74, 6) is 0.361. The molecule has 0 atom stereocenters. The van der Waals surface area contributed by atoms with Crippen LogP contribution in [0.4, 0.5) is 0 Å². The van der Waals surface area contributed by atoms with Gasteiger partial charge in [0, 0.05) is 0 Å². The van der Waals surface area contributed by atoms with E-state index in [0.717, 1.165) is 12.8 Å². The van der Waals surface area contributed by atoms with Crippen LogP contribution in [0.3, 0.4) is 0 Å². The maximum absolute atomic E-state index is 11.8. The maximum Gasteiger partial charge on any atom is 0.313 e. The summed E-state index contributed by atoms with van der Waals surface area (Å²) in [5, 5.41) is 0. The van der Waals surface area contributed by atoms with Crippen molar-refractivity contribution in [2.75, 3.05) is 21.1 Å². The average Bonchev–Trinajstić information content (AvgIpc) is 2.50. The lowest BCUT2D eigenvalue weighted by molar-refractivity contribution is -0.792. The smallest absolute Gasteiger partial charge is 0.268 e. The molecule has 0 aliphatic heterocycles. The lowest BCUT2D eigenvalue weighted by Crippen LogP contribution is -2.40. The summed E-state index contributed by atoms with van der Waals surface area (Å²) in [6, 6.07) is 0. The van der Waals surface area contributed by atoms with E-state index in [1.807, 2.05) is 21.1 Å². The van der Waals surface area contributed by atoms with Crippen molar-refractivity contribution in [2.45, 2.75) is 110 Å². The van der Waals surface area contributed by atoms with Crippen molar-refractivity contribution in [3.8, 4) is 0 Å². The molecule has 0 aliphatic carbocycles. The number of quaternary nitrogens is 1. The Morgan fingerprint density at radius 2 is 0.875 bits per heavy atom. The van der Waals surface area contributed by atoms with E-state index in [0.29, 0.717) is 10.4 Å². The third-order valence-corrected chi connectivity index (χ3v) is 4.74. The molecule has 0 saturated carbocycles.